The number of rotatable bonds is 0. The SMILES string of the molecule is CN(C)C.Cl.Nc1ccc2ccccc2c1. The van der Waals surface area contributed by atoms with Crippen molar-refractivity contribution >= 4 is 28.9 Å². The largest absolute Gasteiger partial charge is 0.399 e. The molecule has 2 aromatic carbocycles. The molecule has 0 radical (unpaired) electrons. The number of hydrogen-bond donors (Lipinski definition) is 1. The van der Waals surface area contributed by atoms with E-state index in [4.69, 9.17) is 5.73 Å². The van der Waals surface area contributed by atoms with Crippen molar-refractivity contribution in [2.24, 2.45) is 0 Å². The highest BCUT2D eigenvalue weighted by atomic mass is 35.5. The monoisotopic (exact) mass is 238 g/mol. The number of benzene rings is 2. The minimum Gasteiger partial charge on any atom is -0.399 e. The van der Waals surface area contributed by atoms with E-state index in [2.05, 4.69) is 12.1 Å². The second-order valence-corrected chi connectivity index (χ2v) is 3.95. The summed E-state index contributed by atoms with van der Waals surface area (Å²) in [6, 6.07) is 14.1. The molecule has 16 heavy (non-hydrogen) atoms. The van der Waals surface area contributed by atoms with Crippen LogP contribution in [0.25, 0.3) is 10.8 Å². The molecule has 0 fully saturated rings. The zero-order chi connectivity index (χ0) is 11.3. The van der Waals surface area contributed by atoms with E-state index in [0.717, 1.165) is 5.69 Å². The number of anilines is 1. The van der Waals surface area contributed by atoms with Crippen LogP contribution in [-0.4, -0.2) is 26.0 Å². The lowest BCUT2D eigenvalue weighted by Gasteiger charge is -1.96. The van der Waals surface area contributed by atoms with Gasteiger partial charge in [-0.15, -0.1) is 12.4 Å². The van der Waals surface area contributed by atoms with Crippen molar-refractivity contribution in [3.63, 3.8) is 0 Å². The first kappa shape index (κ1) is 14.8. The number of hydrogen-bond acceptors (Lipinski definition) is 2. The normalized spacial score (nSPS) is 9.25. The van der Waals surface area contributed by atoms with Crippen molar-refractivity contribution in [1.82, 2.24) is 4.90 Å². The lowest BCUT2D eigenvalue weighted by atomic mass is 10.1. The zero-order valence-corrected chi connectivity index (χ0v) is 10.8. The summed E-state index contributed by atoms with van der Waals surface area (Å²) >= 11 is 0. The van der Waals surface area contributed by atoms with E-state index in [0.29, 0.717) is 0 Å². The lowest BCUT2D eigenvalue weighted by Crippen LogP contribution is -1.99. The maximum absolute atomic E-state index is 5.62. The predicted molar refractivity (Wildman–Crippen MR) is 75.2 cm³/mol. The van der Waals surface area contributed by atoms with Crippen LogP contribution in [0.3, 0.4) is 0 Å². The Morgan fingerprint density at radius 2 is 1.38 bits per heavy atom. The third kappa shape index (κ3) is 5.01. The molecule has 0 aliphatic carbocycles. The molecule has 0 bridgehead atoms. The smallest absolute Gasteiger partial charge is 0.0320 e. The topological polar surface area (TPSA) is 29.3 Å². The Kier molecular flexibility index (Phi) is 6.54. The van der Waals surface area contributed by atoms with Crippen molar-refractivity contribution in [1.29, 1.82) is 0 Å². The zero-order valence-electron chi connectivity index (χ0n) is 9.97. The van der Waals surface area contributed by atoms with Gasteiger partial charge >= 0.3 is 0 Å². The molecule has 0 heterocycles. The average Bonchev–Trinajstić information content (AvgIpc) is 2.16. The summed E-state index contributed by atoms with van der Waals surface area (Å²) in [5.41, 5.74) is 6.45. The number of halogens is 1. The molecule has 2 N–H and O–H groups in total. The molecular formula is C13H19ClN2. The van der Waals surface area contributed by atoms with E-state index in [1.54, 1.807) is 0 Å². The Hall–Kier alpha value is -1.25. The predicted octanol–water partition coefficient (Wildman–Crippen LogP) is 3.02. The van der Waals surface area contributed by atoms with Gasteiger partial charge in [-0.25, -0.2) is 0 Å². The lowest BCUT2D eigenvalue weighted by molar-refractivity contribution is 0.505. The van der Waals surface area contributed by atoms with Crippen molar-refractivity contribution in [3.8, 4) is 0 Å². The summed E-state index contributed by atoms with van der Waals surface area (Å²) in [6.45, 7) is 0. The van der Waals surface area contributed by atoms with E-state index >= 15 is 0 Å². The Balaban J connectivity index is 0.000000397. The molecule has 3 heteroatoms. The maximum atomic E-state index is 5.62. The summed E-state index contributed by atoms with van der Waals surface area (Å²) in [6.07, 6.45) is 0. The minimum atomic E-state index is 0. The highest BCUT2D eigenvalue weighted by molar-refractivity contribution is 5.85. The third-order valence-corrected chi connectivity index (χ3v) is 1.77. The highest BCUT2D eigenvalue weighted by Gasteiger charge is 1.89. The summed E-state index contributed by atoms with van der Waals surface area (Å²) < 4.78 is 0. The van der Waals surface area contributed by atoms with Crippen LogP contribution in [0.1, 0.15) is 0 Å². The molecule has 0 spiro atoms. The first-order valence-electron chi connectivity index (χ1n) is 4.95. The van der Waals surface area contributed by atoms with Gasteiger partial charge in [0.15, 0.2) is 0 Å². The van der Waals surface area contributed by atoms with Crippen LogP contribution in [0.5, 0.6) is 0 Å². The molecule has 0 aromatic heterocycles. The number of fused-ring (bicyclic) bond motifs is 1. The van der Waals surface area contributed by atoms with Crippen LogP contribution in [0.2, 0.25) is 0 Å². The van der Waals surface area contributed by atoms with Crippen LogP contribution in [-0.2, 0) is 0 Å². The van der Waals surface area contributed by atoms with Gasteiger partial charge in [0.2, 0.25) is 0 Å². The molecular weight excluding hydrogens is 220 g/mol. The maximum Gasteiger partial charge on any atom is 0.0320 e. The molecule has 0 amide bonds. The molecule has 0 unspecified atom stereocenters. The second-order valence-electron chi connectivity index (χ2n) is 3.95. The van der Waals surface area contributed by atoms with E-state index in [9.17, 15) is 0 Å². The van der Waals surface area contributed by atoms with Crippen LogP contribution in [0, 0.1) is 0 Å². The fraction of sp³-hybridized carbons (Fsp3) is 0.231. The van der Waals surface area contributed by atoms with Crippen LogP contribution in [0.4, 0.5) is 5.69 Å². The molecule has 0 aliphatic heterocycles. The molecule has 0 saturated heterocycles. The van der Waals surface area contributed by atoms with Gasteiger partial charge in [0.25, 0.3) is 0 Å². The Bertz CT molecular complexity index is 424. The average molecular weight is 239 g/mol. The standard InChI is InChI=1S/C10H9N.C3H9N.ClH/c11-10-6-5-8-3-1-2-4-9(8)7-10;1-4(2)3;/h1-7H,11H2;1-3H3;1H. The number of nitrogens with two attached hydrogens (primary N) is 1. The summed E-state index contributed by atoms with van der Waals surface area (Å²) in [5, 5.41) is 2.44. The molecule has 2 nitrogen and oxygen atoms in total. The van der Waals surface area contributed by atoms with Gasteiger partial charge in [-0.3, -0.25) is 0 Å². The molecule has 2 aromatic rings. The van der Waals surface area contributed by atoms with Gasteiger partial charge < -0.3 is 10.6 Å². The van der Waals surface area contributed by atoms with Crippen molar-refractivity contribution < 1.29 is 0 Å². The van der Waals surface area contributed by atoms with Crippen LogP contribution >= 0.6 is 12.4 Å². The molecule has 0 atom stereocenters. The van der Waals surface area contributed by atoms with Gasteiger partial charge in [0, 0.05) is 5.69 Å². The van der Waals surface area contributed by atoms with Gasteiger partial charge in [-0.2, -0.15) is 0 Å². The molecule has 0 saturated carbocycles. The van der Waals surface area contributed by atoms with Crippen LogP contribution in [0.15, 0.2) is 42.5 Å². The van der Waals surface area contributed by atoms with Gasteiger partial charge in [0.1, 0.15) is 0 Å². The van der Waals surface area contributed by atoms with Gasteiger partial charge in [-0.05, 0) is 44.0 Å². The Morgan fingerprint density at radius 3 is 1.94 bits per heavy atom. The third-order valence-electron chi connectivity index (χ3n) is 1.77. The minimum absolute atomic E-state index is 0. The van der Waals surface area contributed by atoms with E-state index in [-0.39, 0.29) is 12.4 Å². The quantitative estimate of drug-likeness (QED) is 0.715. The fourth-order valence-electron chi connectivity index (χ4n) is 1.21. The molecule has 88 valence electrons. The summed E-state index contributed by atoms with van der Waals surface area (Å²) in [7, 11) is 6.00. The van der Waals surface area contributed by atoms with Crippen LogP contribution < -0.4 is 5.73 Å². The Morgan fingerprint density at radius 1 is 0.875 bits per heavy atom. The Labute approximate surface area is 103 Å². The van der Waals surface area contributed by atoms with Gasteiger partial charge in [-0.1, -0.05) is 30.3 Å². The molecule has 2 rings (SSSR count). The van der Waals surface area contributed by atoms with Crippen molar-refractivity contribution in [2.45, 2.75) is 0 Å². The first-order chi connectivity index (χ1) is 7.09. The molecule has 0 aliphatic rings. The highest BCUT2D eigenvalue weighted by Crippen LogP contribution is 2.15. The van der Waals surface area contributed by atoms with E-state index < -0.39 is 0 Å². The summed E-state index contributed by atoms with van der Waals surface area (Å²) in [4.78, 5) is 2.00. The summed E-state index contributed by atoms with van der Waals surface area (Å²) in [5.74, 6) is 0. The van der Waals surface area contributed by atoms with Crippen molar-refractivity contribution in [3.05, 3.63) is 42.5 Å². The second kappa shape index (κ2) is 7.09. The number of nitrogens with zero attached hydrogens (tertiary/aromatic N) is 1. The van der Waals surface area contributed by atoms with E-state index in [1.165, 1.54) is 10.8 Å². The number of nitrogen functional groups attached to an aromatic ring is 1. The van der Waals surface area contributed by atoms with E-state index in [1.807, 2.05) is 56.4 Å². The first-order valence-corrected chi connectivity index (χ1v) is 4.95. The van der Waals surface area contributed by atoms with Gasteiger partial charge in [0.05, 0.1) is 0 Å². The fourth-order valence-corrected chi connectivity index (χ4v) is 1.21. The van der Waals surface area contributed by atoms with Crippen molar-refractivity contribution in [2.75, 3.05) is 26.9 Å².